The highest BCUT2D eigenvalue weighted by atomic mass is 35.5. The third-order valence-corrected chi connectivity index (χ3v) is 2.96. The molecule has 0 amide bonds. The van der Waals surface area contributed by atoms with Crippen molar-refractivity contribution in [1.29, 1.82) is 0 Å². The number of aldehydes is 1. The van der Waals surface area contributed by atoms with Crippen LogP contribution in [0.15, 0.2) is 30.3 Å². The van der Waals surface area contributed by atoms with Crippen molar-refractivity contribution in [1.82, 2.24) is 4.98 Å². The number of hydrogen-bond donors (Lipinski definition) is 0. The van der Waals surface area contributed by atoms with Gasteiger partial charge in [-0.05, 0) is 37.6 Å². The first-order valence-electron chi connectivity index (χ1n) is 6.03. The molecule has 0 radical (unpaired) electrons. The van der Waals surface area contributed by atoms with Crippen molar-refractivity contribution >= 4 is 17.9 Å². The molecule has 0 unspecified atom stereocenters. The number of aryl methyl sites for hydroxylation is 2. The van der Waals surface area contributed by atoms with Gasteiger partial charge in [0.25, 0.3) is 0 Å². The van der Waals surface area contributed by atoms with Crippen LogP contribution in [0.4, 0.5) is 0 Å². The van der Waals surface area contributed by atoms with Gasteiger partial charge in [-0.25, -0.2) is 0 Å². The van der Waals surface area contributed by atoms with Crippen LogP contribution in [-0.2, 0) is 6.42 Å². The lowest BCUT2D eigenvalue weighted by Gasteiger charge is -2.11. The van der Waals surface area contributed by atoms with Gasteiger partial charge in [0, 0.05) is 16.8 Å². The van der Waals surface area contributed by atoms with E-state index in [9.17, 15) is 4.79 Å². The van der Waals surface area contributed by atoms with Crippen molar-refractivity contribution in [2.75, 3.05) is 0 Å². The van der Waals surface area contributed by atoms with Gasteiger partial charge in [-0.3, -0.25) is 9.78 Å². The van der Waals surface area contributed by atoms with E-state index in [0.717, 1.165) is 24.1 Å². The second-order valence-electron chi connectivity index (χ2n) is 4.15. The van der Waals surface area contributed by atoms with E-state index in [0.29, 0.717) is 22.1 Å². The van der Waals surface area contributed by atoms with Gasteiger partial charge < -0.3 is 4.74 Å². The summed E-state index contributed by atoms with van der Waals surface area (Å²) in [4.78, 5) is 15.4. The molecule has 0 spiro atoms. The Morgan fingerprint density at radius 1 is 1.26 bits per heavy atom. The standard InChI is InChI=1S/C15H14ClNO2/c1-3-13-14(7-4-10(2)17-13)19-15-8-12(16)6-5-11(15)9-18/h4-9H,3H2,1-2H3. The zero-order chi connectivity index (χ0) is 13.8. The molecular formula is C15H14ClNO2. The fourth-order valence-corrected chi connectivity index (χ4v) is 1.92. The summed E-state index contributed by atoms with van der Waals surface area (Å²) in [5.74, 6) is 1.10. The second kappa shape index (κ2) is 5.85. The topological polar surface area (TPSA) is 39.2 Å². The van der Waals surface area contributed by atoms with E-state index in [1.54, 1.807) is 18.2 Å². The molecule has 0 bridgehead atoms. The van der Waals surface area contributed by atoms with Crippen molar-refractivity contribution < 1.29 is 9.53 Å². The lowest BCUT2D eigenvalue weighted by Crippen LogP contribution is -1.97. The predicted octanol–water partition coefficient (Wildman–Crippen LogP) is 4.21. The quantitative estimate of drug-likeness (QED) is 0.785. The summed E-state index contributed by atoms with van der Waals surface area (Å²) in [6.07, 6.45) is 1.51. The molecule has 19 heavy (non-hydrogen) atoms. The molecule has 1 aromatic heterocycles. The van der Waals surface area contributed by atoms with E-state index in [2.05, 4.69) is 4.98 Å². The fourth-order valence-electron chi connectivity index (χ4n) is 1.76. The van der Waals surface area contributed by atoms with Gasteiger partial charge in [-0.15, -0.1) is 0 Å². The summed E-state index contributed by atoms with van der Waals surface area (Å²) in [5.41, 5.74) is 2.26. The van der Waals surface area contributed by atoms with Crippen LogP contribution in [0.25, 0.3) is 0 Å². The molecule has 0 N–H and O–H groups in total. The molecule has 0 saturated carbocycles. The van der Waals surface area contributed by atoms with Crippen LogP contribution >= 0.6 is 11.6 Å². The minimum Gasteiger partial charge on any atom is -0.455 e. The van der Waals surface area contributed by atoms with E-state index in [1.165, 1.54) is 0 Å². The van der Waals surface area contributed by atoms with Crippen molar-refractivity contribution in [3.8, 4) is 11.5 Å². The van der Waals surface area contributed by atoms with E-state index in [1.807, 2.05) is 26.0 Å². The van der Waals surface area contributed by atoms with Gasteiger partial charge in [0.05, 0.1) is 11.3 Å². The number of pyridine rings is 1. The molecule has 1 heterocycles. The fraction of sp³-hybridized carbons (Fsp3) is 0.200. The van der Waals surface area contributed by atoms with Crippen molar-refractivity contribution in [2.45, 2.75) is 20.3 Å². The van der Waals surface area contributed by atoms with Gasteiger partial charge in [-0.1, -0.05) is 18.5 Å². The Labute approximate surface area is 117 Å². The first-order valence-corrected chi connectivity index (χ1v) is 6.41. The number of ether oxygens (including phenoxy) is 1. The van der Waals surface area contributed by atoms with Gasteiger partial charge in [0.15, 0.2) is 6.29 Å². The molecular weight excluding hydrogens is 262 g/mol. The minimum absolute atomic E-state index is 0.447. The molecule has 4 heteroatoms. The van der Waals surface area contributed by atoms with E-state index >= 15 is 0 Å². The van der Waals surface area contributed by atoms with E-state index in [-0.39, 0.29) is 0 Å². The van der Waals surface area contributed by atoms with Crippen molar-refractivity contribution in [2.24, 2.45) is 0 Å². The van der Waals surface area contributed by atoms with Crippen LogP contribution < -0.4 is 4.74 Å². The van der Waals surface area contributed by atoms with Crippen LogP contribution in [0.1, 0.15) is 28.7 Å². The van der Waals surface area contributed by atoms with E-state index < -0.39 is 0 Å². The number of hydrogen-bond acceptors (Lipinski definition) is 3. The smallest absolute Gasteiger partial charge is 0.153 e. The maximum Gasteiger partial charge on any atom is 0.153 e. The summed E-state index contributed by atoms with van der Waals surface area (Å²) in [7, 11) is 0. The first kappa shape index (κ1) is 13.6. The number of carbonyl (C=O) groups excluding carboxylic acids is 1. The molecule has 0 fully saturated rings. The van der Waals surface area contributed by atoms with Crippen molar-refractivity contribution in [3.63, 3.8) is 0 Å². The zero-order valence-corrected chi connectivity index (χ0v) is 11.6. The van der Waals surface area contributed by atoms with Crippen LogP contribution in [0.5, 0.6) is 11.5 Å². The summed E-state index contributed by atoms with van der Waals surface area (Å²) < 4.78 is 5.78. The monoisotopic (exact) mass is 275 g/mol. The average Bonchev–Trinajstić information content (AvgIpc) is 2.41. The van der Waals surface area contributed by atoms with Crippen LogP contribution in [-0.4, -0.2) is 11.3 Å². The highest BCUT2D eigenvalue weighted by Crippen LogP contribution is 2.29. The third-order valence-electron chi connectivity index (χ3n) is 2.73. The van der Waals surface area contributed by atoms with E-state index in [4.69, 9.17) is 16.3 Å². The SMILES string of the molecule is CCc1nc(C)ccc1Oc1cc(Cl)ccc1C=O. The zero-order valence-electron chi connectivity index (χ0n) is 10.8. The molecule has 0 aliphatic heterocycles. The van der Waals surface area contributed by atoms with Crippen LogP contribution in [0, 0.1) is 6.92 Å². The Morgan fingerprint density at radius 3 is 2.74 bits per heavy atom. The molecule has 98 valence electrons. The third kappa shape index (κ3) is 3.12. The molecule has 0 aliphatic carbocycles. The maximum atomic E-state index is 11.0. The van der Waals surface area contributed by atoms with Gasteiger partial charge >= 0.3 is 0 Å². The summed E-state index contributed by atoms with van der Waals surface area (Å²) in [6.45, 7) is 3.94. The Morgan fingerprint density at radius 2 is 2.05 bits per heavy atom. The summed E-state index contributed by atoms with van der Waals surface area (Å²) in [5, 5.41) is 0.527. The minimum atomic E-state index is 0.447. The van der Waals surface area contributed by atoms with Crippen LogP contribution in [0.2, 0.25) is 5.02 Å². The molecule has 0 saturated heterocycles. The largest absolute Gasteiger partial charge is 0.455 e. The first-order chi connectivity index (χ1) is 9.13. The number of aromatic nitrogens is 1. The van der Waals surface area contributed by atoms with Crippen LogP contribution in [0.3, 0.4) is 0 Å². The number of rotatable bonds is 4. The van der Waals surface area contributed by atoms with Gasteiger partial charge in [0.1, 0.15) is 11.5 Å². The molecule has 2 aromatic rings. The Balaban J connectivity index is 2.40. The maximum absolute atomic E-state index is 11.0. The molecule has 1 aromatic carbocycles. The molecule has 3 nitrogen and oxygen atoms in total. The molecule has 0 atom stereocenters. The molecule has 2 rings (SSSR count). The lowest BCUT2D eigenvalue weighted by molar-refractivity contribution is 0.112. The van der Waals surface area contributed by atoms with Gasteiger partial charge in [0.2, 0.25) is 0 Å². The Kier molecular flexibility index (Phi) is 4.17. The van der Waals surface area contributed by atoms with Crippen molar-refractivity contribution in [3.05, 3.63) is 52.3 Å². The number of halogens is 1. The normalized spacial score (nSPS) is 10.3. The number of carbonyl (C=O) groups is 1. The highest BCUT2D eigenvalue weighted by molar-refractivity contribution is 6.30. The highest BCUT2D eigenvalue weighted by Gasteiger charge is 2.09. The average molecular weight is 276 g/mol. The number of benzene rings is 1. The second-order valence-corrected chi connectivity index (χ2v) is 4.59. The summed E-state index contributed by atoms with van der Waals surface area (Å²) >= 11 is 5.93. The Bertz CT molecular complexity index is 611. The summed E-state index contributed by atoms with van der Waals surface area (Å²) in [6, 6.07) is 8.66. The Hall–Kier alpha value is -1.87. The van der Waals surface area contributed by atoms with Gasteiger partial charge in [-0.2, -0.15) is 0 Å². The lowest BCUT2D eigenvalue weighted by atomic mass is 10.2. The molecule has 0 aliphatic rings. The number of nitrogens with zero attached hydrogens (tertiary/aromatic N) is 1. The predicted molar refractivity (Wildman–Crippen MR) is 75.3 cm³/mol.